The van der Waals surface area contributed by atoms with Gasteiger partial charge in [0.2, 0.25) is 0 Å². The number of methoxy groups -OCH3 is 1. The van der Waals surface area contributed by atoms with Gasteiger partial charge >= 0.3 is 0 Å². The number of ether oxygens (including phenoxy) is 1. The molecule has 0 spiro atoms. The quantitative estimate of drug-likeness (QED) is 0.710. The molecule has 0 aromatic heterocycles. The molecule has 1 heterocycles. The summed E-state index contributed by atoms with van der Waals surface area (Å²) < 4.78 is 4.99. The minimum atomic E-state index is 0.355. The summed E-state index contributed by atoms with van der Waals surface area (Å²) in [5, 5.41) is 11.9. The topological polar surface area (TPSA) is 44.7 Å². The van der Waals surface area contributed by atoms with Crippen LogP contribution in [0.1, 0.15) is 58.8 Å². The van der Waals surface area contributed by atoms with E-state index in [1.165, 1.54) is 58.2 Å². The monoisotopic (exact) mass is 302 g/mol. The number of aliphatic hydroxyl groups is 1. The molecule has 4 nitrogen and oxygen atoms in total. The minimum absolute atomic E-state index is 0.355. The molecule has 2 fully saturated rings. The highest BCUT2D eigenvalue weighted by atomic mass is 16.5. The average Bonchev–Trinajstić information content (AvgIpc) is 2.50. The number of aliphatic hydroxyl groups excluding tert-OH is 1. The summed E-state index contributed by atoms with van der Waals surface area (Å²) in [7, 11) is 1.78. The van der Waals surface area contributed by atoms with Crippen molar-refractivity contribution in [2.75, 3.05) is 46.4 Å². The summed E-state index contributed by atoms with van der Waals surface area (Å²) in [5.74, 6) is 0. The highest BCUT2D eigenvalue weighted by Crippen LogP contribution is 2.20. The zero-order valence-corrected chi connectivity index (χ0v) is 14.6. The van der Waals surface area contributed by atoms with E-state index < -0.39 is 0 Å². The van der Waals surface area contributed by atoms with E-state index >= 15 is 0 Å². The molecule has 0 bridgehead atoms. The van der Waals surface area contributed by atoms with Crippen molar-refractivity contribution in [1.82, 2.24) is 10.2 Å². The number of piperazine rings is 1. The summed E-state index contributed by atoms with van der Waals surface area (Å²) in [6.07, 6.45) is 9.28. The van der Waals surface area contributed by atoms with Crippen molar-refractivity contribution in [1.29, 1.82) is 0 Å². The Balaban J connectivity index is 0.000000416. The first-order valence-corrected chi connectivity index (χ1v) is 8.93. The molecular formula is C17H38N2O2. The van der Waals surface area contributed by atoms with Crippen molar-refractivity contribution < 1.29 is 9.84 Å². The smallest absolute Gasteiger partial charge is 0.0571 e. The van der Waals surface area contributed by atoms with E-state index in [0.29, 0.717) is 12.7 Å². The number of rotatable bonds is 7. The van der Waals surface area contributed by atoms with Gasteiger partial charge in [0.25, 0.3) is 0 Å². The maximum absolute atomic E-state index is 8.60. The van der Waals surface area contributed by atoms with Gasteiger partial charge in [-0.2, -0.15) is 0 Å². The lowest BCUT2D eigenvalue weighted by molar-refractivity contribution is 0.0412. The number of nitrogens with one attached hydrogen (secondary N) is 1. The van der Waals surface area contributed by atoms with E-state index in [0.717, 1.165) is 19.5 Å². The zero-order chi connectivity index (χ0) is 15.8. The first kappa shape index (κ1) is 20.8. The van der Waals surface area contributed by atoms with E-state index in [1.807, 2.05) is 13.8 Å². The fourth-order valence-electron chi connectivity index (χ4n) is 2.34. The van der Waals surface area contributed by atoms with Gasteiger partial charge in [-0.3, -0.25) is 0 Å². The van der Waals surface area contributed by atoms with Gasteiger partial charge in [-0.05, 0) is 38.6 Å². The molecule has 2 aliphatic rings. The molecule has 1 saturated carbocycles. The molecule has 21 heavy (non-hydrogen) atoms. The molecule has 2 N–H and O–H groups in total. The standard InChI is InChI=1S/C10H22N2O.C5H10O.C2H6/c13-10-4-2-1-3-7-12-8-5-11-6-9-12;1-6-5-3-2-4-5;1-2/h11,13H,1-10H2;5H,2-4H2,1H3;1-2H3. The molecule has 0 unspecified atom stereocenters. The molecule has 0 radical (unpaired) electrons. The van der Waals surface area contributed by atoms with Gasteiger partial charge in [0.05, 0.1) is 6.10 Å². The number of unbranched alkanes of at least 4 members (excludes halogenated alkanes) is 3. The second-order valence-corrected chi connectivity index (χ2v) is 5.52. The second-order valence-electron chi connectivity index (χ2n) is 5.52. The first-order chi connectivity index (χ1) is 10.4. The molecule has 1 aliphatic heterocycles. The Kier molecular flexibility index (Phi) is 16.1. The minimum Gasteiger partial charge on any atom is -0.396 e. The number of nitrogens with zero attached hydrogens (tertiary/aromatic N) is 1. The van der Waals surface area contributed by atoms with Crippen molar-refractivity contribution in [3.8, 4) is 0 Å². The van der Waals surface area contributed by atoms with E-state index in [4.69, 9.17) is 9.84 Å². The van der Waals surface area contributed by atoms with Gasteiger partial charge < -0.3 is 20.1 Å². The maximum atomic E-state index is 8.60. The maximum Gasteiger partial charge on any atom is 0.0571 e. The highest BCUT2D eigenvalue weighted by Gasteiger charge is 2.14. The van der Waals surface area contributed by atoms with Crippen LogP contribution in [0, 0.1) is 0 Å². The molecule has 1 saturated heterocycles. The van der Waals surface area contributed by atoms with Crippen molar-refractivity contribution in [3.05, 3.63) is 0 Å². The molecule has 128 valence electrons. The number of hydrogen-bond acceptors (Lipinski definition) is 4. The largest absolute Gasteiger partial charge is 0.396 e. The molecule has 0 aromatic carbocycles. The Morgan fingerprint density at radius 1 is 1.05 bits per heavy atom. The third-order valence-corrected chi connectivity index (χ3v) is 3.98. The van der Waals surface area contributed by atoms with Crippen LogP contribution in [0.15, 0.2) is 0 Å². The van der Waals surface area contributed by atoms with Crippen LogP contribution in [0.3, 0.4) is 0 Å². The van der Waals surface area contributed by atoms with E-state index in [9.17, 15) is 0 Å². The third kappa shape index (κ3) is 12.1. The van der Waals surface area contributed by atoms with Gasteiger partial charge in [-0.25, -0.2) is 0 Å². The molecular weight excluding hydrogens is 264 g/mol. The van der Waals surface area contributed by atoms with Gasteiger partial charge in [0, 0.05) is 39.9 Å². The summed E-state index contributed by atoms with van der Waals surface area (Å²) in [6.45, 7) is 10.3. The molecule has 4 heteroatoms. The van der Waals surface area contributed by atoms with Crippen LogP contribution in [0.25, 0.3) is 0 Å². The molecule has 1 aliphatic carbocycles. The SMILES string of the molecule is CC.COC1CCC1.OCCCCCCN1CCNCC1. The molecule has 2 rings (SSSR count). The molecule has 0 aromatic rings. The lowest BCUT2D eigenvalue weighted by Crippen LogP contribution is -2.43. The van der Waals surface area contributed by atoms with Crippen molar-refractivity contribution in [2.45, 2.75) is 64.9 Å². The van der Waals surface area contributed by atoms with Gasteiger partial charge in [0.1, 0.15) is 0 Å². The average molecular weight is 303 g/mol. The Labute approximate surface area is 132 Å². The number of hydrogen-bond donors (Lipinski definition) is 2. The van der Waals surface area contributed by atoms with E-state index in [-0.39, 0.29) is 0 Å². The predicted octanol–water partition coefficient (Wildman–Crippen LogP) is 2.66. The predicted molar refractivity (Wildman–Crippen MR) is 90.9 cm³/mol. The lowest BCUT2D eigenvalue weighted by atomic mass is 9.96. The second kappa shape index (κ2) is 16.2. The highest BCUT2D eigenvalue weighted by molar-refractivity contribution is 4.67. The summed E-state index contributed by atoms with van der Waals surface area (Å²) >= 11 is 0. The first-order valence-electron chi connectivity index (χ1n) is 8.93. The lowest BCUT2D eigenvalue weighted by Gasteiger charge is -2.26. The van der Waals surface area contributed by atoms with E-state index in [1.54, 1.807) is 7.11 Å². The summed E-state index contributed by atoms with van der Waals surface area (Å²) in [4.78, 5) is 2.52. The Hall–Kier alpha value is -0.160. The van der Waals surface area contributed by atoms with Crippen molar-refractivity contribution >= 4 is 0 Å². The summed E-state index contributed by atoms with van der Waals surface area (Å²) in [6, 6.07) is 0. The Bertz CT molecular complexity index is 190. The van der Waals surface area contributed by atoms with Gasteiger partial charge in [0.15, 0.2) is 0 Å². The fourth-order valence-corrected chi connectivity index (χ4v) is 2.34. The van der Waals surface area contributed by atoms with Crippen LogP contribution in [0.5, 0.6) is 0 Å². The molecule has 0 amide bonds. The van der Waals surface area contributed by atoms with Crippen LogP contribution in [-0.2, 0) is 4.74 Å². The van der Waals surface area contributed by atoms with Crippen molar-refractivity contribution in [2.24, 2.45) is 0 Å². The van der Waals surface area contributed by atoms with Crippen LogP contribution in [-0.4, -0.2) is 62.6 Å². The van der Waals surface area contributed by atoms with Crippen LogP contribution in [0.2, 0.25) is 0 Å². The van der Waals surface area contributed by atoms with Gasteiger partial charge in [-0.1, -0.05) is 26.7 Å². The van der Waals surface area contributed by atoms with E-state index in [2.05, 4.69) is 10.2 Å². The Morgan fingerprint density at radius 3 is 2.10 bits per heavy atom. The zero-order valence-electron chi connectivity index (χ0n) is 14.6. The fraction of sp³-hybridized carbons (Fsp3) is 1.00. The Morgan fingerprint density at radius 2 is 1.67 bits per heavy atom. The van der Waals surface area contributed by atoms with Crippen LogP contribution < -0.4 is 5.32 Å². The van der Waals surface area contributed by atoms with Crippen LogP contribution in [0.4, 0.5) is 0 Å². The summed E-state index contributed by atoms with van der Waals surface area (Å²) in [5.41, 5.74) is 0. The third-order valence-electron chi connectivity index (χ3n) is 3.98. The molecule has 0 atom stereocenters. The van der Waals surface area contributed by atoms with Gasteiger partial charge in [-0.15, -0.1) is 0 Å². The van der Waals surface area contributed by atoms with Crippen LogP contribution >= 0.6 is 0 Å². The van der Waals surface area contributed by atoms with Crippen molar-refractivity contribution in [3.63, 3.8) is 0 Å². The normalized spacial score (nSPS) is 18.9.